The fourth-order valence-electron chi connectivity index (χ4n) is 3.92. The van der Waals surface area contributed by atoms with E-state index < -0.39 is 0 Å². The van der Waals surface area contributed by atoms with Crippen LogP contribution in [0.4, 0.5) is 5.69 Å². The summed E-state index contributed by atoms with van der Waals surface area (Å²) in [6.45, 7) is 8.07. The molecule has 0 radical (unpaired) electrons. The van der Waals surface area contributed by atoms with Crippen LogP contribution < -0.4 is 5.32 Å². The maximum atomic E-state index is 13.3. The predicted molar refractivity (Wildman–Crippen MR) is 117 cm³/mol. The lowest BCUT2D eigenvalue weighted by molar-refractivity contribution is -0.137. The average Bonchev–Trinajstić information content (AvgIpc) is 2.99. The summed E-state index contributed by atoms with van der Waals surface area (Å²) < 4.78 is 5.38. The van der Waals surface area contributed by atoms with Gasteiger partial charge in [-0.05, 0) is 31.0 Å². The van der Waals surface area contributed by atoms with Gasteiger partial charge in [-0.25, -0.2) is 0 Å². The largest absolute Gasteiger partial charge is 0.379 e. The maximum Gasteiger partial charge on any atom is 0.278 e. The Labute approximate surface area is 177 Å². The minimum absolute atomic E-state index is 0.244. The number of ether oxygens (including phenoxy) is 1. The first kappa shape index (κ1) is 20.3. The van der Waals surface area contributed by atoms with Crippen LogP contribution in [-0.4, -0.2) is 61.0 Å². The molecule has 0 aromatic heterocycles. The van der Waals surface area contributed by atoms with Crippen molar-refractivity contribution in [2.45, 2.75) is 13.8 Å². The van der Waals surface area contributed by atoms with Crippen molar-refractivity contribution in [3.05, 3.63) is 70.9 Å². The molecule has 2 aromatic rings. The van der Waals surface area contributed by atoms with Crippen LogP contribution in [-0.2, 0) is 14.3 Å². The normalized spacial score (nSPS) is 17.7. The average molecular weight is 405 g/mol. The van der Waals surface area contributed by atoms with Crippen LogP contribution in [0.25, 0.3) is 5.57 Å². The van der Waals surface area contributed by atoms with E-state index in [4.69, 9.17) is 4.74 Å². The molecule has 1 fully saturated rings. The van der Waals surface area contributed by atoms with Gasteiger partial charge in [-0.2, -0.15) is 0 Å². The van der Waals surface area contributed by atoms with E-state index >= 15 is 0 Å². The van der Waals surface area contributed by atoms with E-state index in [1.165, 1.54) is 4.90 Å². The highest BCUT2D eigenvalue weighted by Gasteiger charge is 2.39. The van der Waals surface area contributed by atoms with E-state index in [0.717, 1.165) is 35.5 Å². The van der Waals surface area contributed by atoms with E-state index in [9.17, 15) is 9.59 Å². The number of carbonyl (C=O) groups excluding carboxylic acids is 2. The molecule has 0 atom stereocenters. The first-order chi connectivity index (χ1) is 14.5. The molecule has 6 heteroatoms. The number of morpholine rings is 1. The van der Waals surface area contributed by atoms with Crippen LogP contribution in [0.2, 0.25) is 0 Å². The van der Waals surface area contributed by atoms with Gasteiger partial charge in [0.05, 0.1) is 18.8 Å². The number of nitrogens with one attached hydrogen (secondary N) is 1. The summed E-state index contributed by atoms with van der Waals surface area (Å²) in [5.74, 6) is -0.515. The highest BCUT2D eigenvalue weighted by atomic mass is 16.5. The Morgan fingerprint density at radius 3 is 2.37 bits per heavy atom. The molecular weight excluding hydrogens is 378 g/mol. The van der Waals surface area contributed by atoms with Crippen molar-refractivity contribution in [3.8, 4) is 0 Å². The molecule has 1 N–H and O–H groups in total. The minimum atomic E-state index is -0.271. The molecule has 2 heterocycles. The van der Waals surface area contributed by atoms with Crippen molar-refractivity contribution in [2.24, 2.45) is 0 Å². The van der Waals surface area contributed by atoms with E-state index in [1.807, 2.05) is 56.3 Å². The lowest BCUT2D eigenvalue weighted by Crippen LogP contribution is -2.43. The number of imide groups is 1. The molecule has 0 bridgehead atoms. The van der Waals surface area contributed by atoms with Crippen molar-refractivity contribution in [3.63, 3.8) is 0 Å². The smallest absolute Gasteiger partial charge is 0.278 e. The standard InChI is InChI=1S/C24H27N3O3/c1-17-8-9-20(18(2)16-17)25-22-21(19-6-4-3-5-7-19)23(28)27(24(22)29)11-10-26-12-14-30-15-13-26/h3-9,16,25H,10-15H2,1-2H3. The van der Waals surface area contributed by atoms with Gasteiger partial charge < -0.3 is 10.1 Å². The monoisotopic (exact) mass is 405 g/mol. The quantitative estimate of drug-likeness (QED) is 0.749. The third-order valence-corrected chi connectivity index (χ3v) is 5.62. The number of rotatable bonds is 6. The van der Waals surface area contributed by atoms with Crippen LogP contribution >= 0.6 is 0 Å². The number of nitrogens with zero attached hydrogens (tertiary/aromatic N) is 2. The van der Waals surface area contributed by atoms with Crippen molar-refractivity contribution in [1.82, 2.24) is 9.80 Å². The Morgan fingerprint density at radius 2 is 1.67 bits per heavy atom. The fraction of sp³-hybridized carbons (Fsp3) is 0.333. The molecular formula is C24H27N3O3. The summed E-state index contributed by atoms with van der Waals surface area (Å²) in [4.78, 5) is 30.2. The van der Waals surface area contributed by atoms with E-state index in [2.05, 4.69) is 16.3 Å². The Bertz CT molecular complexity index is 978. The molecule has 0 saturated carbocycles. The zero-order valence-electron chi connectivity index (χ0n) is 17.5. The van der Waals surface area contributed by atoms with Gasteiger partial charge >= 0.3 is 0 Å². The number of hydrogen-bond donors (Lipinski definition) is 1. The first-order valence-electron chi connectivity index (χ1n) is 10.3. The Hall–Kier alpha value is -2.96. The number of anilines is 1. The van der Waals surface area contributed by atoms with Crippen molar-refractivity contribution in [2.75, 3.05) is 44.7 Å². The third kappa shape index (κ3) is 4.15. The molecule has 2 aliphatic rings. The predicted octanol–water partition coefficient (Wildman–Crippen LogP) is 2.83. The van der Waals surface area contributed by atoms with Gasteiger partial charge in [0.25, 0.3) is 11.8 Å². The highest BCUT2D eigenvalue weighted by Crippen LogP contribution is 2.31. The van der Waals surface area contributed by atoms with Crippen LogP contribution in [0, 0.1) is 13.8 Å². The summed E-state index contributed by atoms with van der Waals surface area (Å²) in [6.07, 6.45) is 0. The van der Waals surface area contributed by atoms with Gasteiger partial charge in [-0.3, -0.25) is 19.4 Å². The maximum absolute atomic E-state index is 13.3. The summed E-state index contributed by atoms with van der Waals surface area (Å²) in [5, 5.41) is 3.27. The lowest BCUT2D eigenvalue weighted by Gasteiger charge is -2.28. The molecule has 156 valence electrons. The highest BCUT2D eigenvalue weighted by molar-refractivity contribution is 6.36. The summed E-state index contributed by atoms with van der Waals surface area (Å²) in [6, 6.07) is 15.4. The second-order valence-electron chi connectivity index (χ2n) is 7.78. The summed E-state index contributed by atoms with van der Waals surface area (Å²) in [5.41, 5.74) is 4.54. The zero-order chi connectivity index (χ0) is 21.1. The number of amides is 2. The van der Waals surface area contributed by atoms with Crippen LogP contribution in [0.15, 0.2) is 54.2 Å². The van der Waals surface area contributed by atoms with Crippen molar-refractivity contribution in [1.29, 1.82) is 0 Å². The number of carbonyl (C=O) groups is 2. The van der Waals surface area contributed by atoms with Crippen LogP contribution in [0.3, 0.4) is 0 Å². The van der Waals surface area contributed by atoms with Crippen molar-refractivity contribution >= 4 is 23.1 Å². The lowest BCUT2D eigenvalue weighted by atomic mass is 10.0. The molecule has 30 heavy (non-hydrogen) atoms. The van der Waals surface area contributed by atoms with Crippen LogP contribution in [0.1, 0.15) is 16.7 Å². The minimum Gasteiger partial charge on any atom is -0.379 e. The Kier molecular flexibility index (Phi) is 5.97. The van der Waals surface area contributed by atoms with Gasteiger partial charge in [0.15, 0.2) is 0 Å². The fourth-order valence-corrected chi connectivity index (χ4v) is 3.92. The Balaban J connectivity index is 1.62. The molecule has 0 unspecified atom stereocenters. The second kappa shape index (κ2) is 8.81. The zero-order valence-corrected chi connectivity index (χ0v) is 17.5. The Morgan fingerprint density at radius 1 is 0.933 bits per heavy atom. The molecule has 0 spiro atoms. The summed E-state index contributed by atoms with van der Waals surface area (Å²) >= 11 is 0. The number of hydrogen-bond acceptors (Lipinski definition) is 5. The third-order valence-electron chi connectivity index (χ3n) is 5.62. The molecule has 1 saturated heterocycles. The molecule has 6 nitrogen and oxygen atoms in total. The van der Waals surface area contributed by atoms with Crippen molar-refractivity contribution < 1.29 is 14.3 Å². The molecule has 0 aliphatic carbocycles. The molecule has 4 rings (SSSR count). The van der Waals surface area contributed by atoms with E-state index in [0.29, 0.717) is 37.6 Å². The topological polar surface area (TPSA) is 61.9 Å². The molecule has 2 aliphatic heterocycles. The second-order valence-corrected chi connectivity index (χ2v) is 7.78. The molecule has 2 aromatic carbocycles. The van der Waals surface area contributed by atoms with Crippen LogP contribution in [0.5, 0.6) is 0 Å². The number of aryl methyl sites for hydroxylation is 2. The first-order valence-corrected chi connectivity index (χ1v) is 10.3. The molecule has 2 amide bonds. The van der Waals surface area contributed by atoms with E-state index in [-0.39, 0.29) is 11.8 Å². The van der Waals surface area contributed by atoms with Gasteiger partial charge in [-0.15, -0.1) is 0 Å². The van der Waals surface area contributed by atoms with Gasteiger partial charge in [0.1, 0.15) is 5.70 Å². The summed E-state index contributed by atoms with van der Waals surface area (Å²) in [7, 11) is 0. The van der Waals surface area contributed by atoms with Gasteiger partial charge in [0.2, 0.25) is 0 Å². The number of benzene rings is 2. The van der Waals surface area contributed by atoms with Gasteiger partial charge in [-0.1, -0.05) is 48.0 Å². The van der Waals surface area contributed by atoms with Gasteiger partial charge in [0, 0.05) is 31.9 Å². The SMILES string of the molecule is Cc1ccc(NC2=C(c3ccccc3)C(=O)N(CCN3CCOCC3)C2=O)c(C)c1. The van der Waals surface area contributed by atoms with E-state index in [1.54, 1.807) is 0 Å².